The third-order valence-corrected chi connectivity index (χ3v) is 4.64. The summed E-state index contributed by atoms with van der Waals surface area (Å²) in [4.78, 5) is 23.2. The second kappa shape index (κ2) is 22.2. The highest BCUT2D eigenvalue weighted by Gasteiger charge is 2.06. The molecule has 0 bridgehead atoms. The highest BCUT2D eigenvalue weighted by molar-refractivity contribution is 5.70. The lowest BCUT2D eigenvalue weighted by Gasteiger charge is -2.06. The van der Waals surface area contributed by atoms with Crippen LogP contribution < -0.4 is 0 Å². The third kappa shape index (κ3) is 21.2. The van der Waals surface area contributed by atoms with Crippen LogP contribution in [0.5, 0.6) is 0 Å². The maximum absolute atomic E-state index is 11.6. The Balaban J connectivity index is 3.30. The van der Waals surface area contributed by atoms with Crippen LogP contribution in [-0.2, 0) is 19.1 Å². The van der Waals surface area contributed by atoms with Crippen molar-refractivity contribution in [2.75, 3.05) is 26.4 Å². The minimum atomic E-state index is -0.185. The largest absolute Gasteiger partial charge is 0.466 e. The fourth-order valence-electron chi connectivity index (χ4n) is 2.90. The molecular formula is C22H42O6. The number of aliphatic hydroxyl groups excluding tert-OH is 2. The highest BCUT2D eigenvalue weighted by atomic mass is 16.5. The molecule has 0 fully saturated rings. The Morgan fingerprint density at radius 2 is 0.786 bits per heavy atom. The van der Waals surface area contributed by atoms with Gasteiger partial charge in [-0.15, -0.1) is 0 Å². The van der Waals surface area contributed by atoms with Gasteiger partial charge >= 0.3 is 11.9 Å². The van der Waals surface area contributed by atoms with Crippen LogP contribution in [0, 0.1) is 0 Å². The molecule has 0 aliphatic carbocycles. The number of hydrogen-bond donors (Lipinski definition) is 2. The lowest BCUT2D eigenvalue weighted by atomic mass is 10.1. The molecular weight excluding hydrogens is 360 g/mol. The van der Waals surface area contributed by atoms with Crippen molar-refractivity contribution in [2.45, 2.75) is 103 Å². The number of ether oxygens (including phenoxy) is 2. The standard InChI is InChI=1S/C22H42O6/c23-17-11-5-1-3-7-13-19-27-21(25)15-9-10-16-22(26)28-20-14-8-4-2-6-12-18-24/h23-24H,1-20H2. The van der Waals surface area contributed by atoms with Crippen molar-refractivity contribution < 1.29 is 29.3 Å². The van der Waals surface area contributed by atoms with E-state index in [1.54, 1.807) is 0 Å². The van der Waals surface area contributed by atoms with E-state index in [2.05, 4.69) is 0 Å². The molecule has 6 nitrogen and oxygen atoms in total. The van der Waals surface area contributed by atoms with E-state index in [1.807, 2.05) is 0 Å². The number of hydrogen-bond acceptors (Lipinski definition) is 6. The van der Waals surface area contributed by atoms with Gasteiger partial charge in [0.1, 0.15) is 0 Å². The van der Waals surface area contributed by atoms with Gasteiger partial charge in [0.25, 0.3) is 0 Å². The first kappa shape index (κ1) is 26.9. The maximum Gasteiger partial charge on any atom is 0.305 e. The first-order valence-electron chi connectivity index (χ1n) is 11.2. The summed E-state index contributed by atoms with van der Waals surface area (Å²) >= 11 is 0. The zero-order valence-electron chi connectivity index (χ0n) is 17.7. The van der Waals surface area contributed by atoms with E-state index < -0.39 is 0 Å². The molecule has 2 N–H and O–H groups in total. The Morgan fingerprint density at radius 3 is 1.14 bits per heavy atom. The number of carbonyl (C=O) groups excluding carboxylic acids is 2. The summed E-state index contributed by atoms with van der Waals surface area (Å²) in [7, 11) is 0. The molecule has 28 heavy (non-hydrogen) atoms. The minimum Gasteiger partial charge on any atom is -0.466 e. The molecule has 0 radical (unpaired) electrons. The monoisotopic (exact) mass is 402 g/mol. The predicted octanol–water partition coefficient (Wildman–Crippen LogP) is 4.30. The zero-order chi connectivity index (χ0) is 20.7. The first-order chi connectivity index (χ1) is 13.7. The first-order valence-corrected chi connectivity index (χ1v) is 11.2. The number of carbonyl (C=O) groups is 2. The maximum atomic E-state index is 11.6. The zero-order valence-corrected chi connectivity index (χ0v) is 17.7. The van der Waals surface area contributed by atoms with E-state index in [4.69, 9.17) is 19.7 Å². The van der Waals surface area contributed by atoms with Crippen molar-refractivity contribution >= 4 is 11.9 Å². The van der Waals surface area contributed by atoms with Gasteiger partial charge in [-0.2, -0.15) is 0 Å². The van der Waals surface area contributed by atoms with Gasteiger partial charge in [0.05, 0.1) is 13.2 Å². The van der Waals surface area contributed by atoms with Crippen molar-refractivity contribution in [3.05, 3.63) is 0 Å². The van der Waals surface area contributed by atoms with Crippen LogP contribution in [0.2, 0.25) is 0 Å². The highest BCUT2D eigenvalue weighted by Crippen LogP contribution is 2.08. The predicted molar refractivity (Wildman–Crippen MR) is 110 cm³/mol. The quantitative estimate of drug-likeness (QED) is 0.220. The third-order valence-electron chi connectivity index (χ3n) is 4.64. The van der Waals surface area contributed by atoms with Crippen LogP contribution >= 0.6 is 0 Å². The van der Waals surface area contributed by atoms with Crippen molar-refractivity contribution in [2.24, 2.45) is 0 Å². The molecule has 6 heteroatoms. The molecule has 0 aliphatic heterocycles. The summed E-state index contributed by atoms with van der Waals surface area (Å²) in [5, 5.41) is 17.4. The summed E-state index contributed by atoms with van der Waals surface area (Å²) in [6.07, 6.45) is 14.2. The number of rotatable bonds is 21. The van der Waals surface area contributed by atoms with Gasteiger partial charge < -0.3 is 19.7 Å². The number of unbranched alkanes of at least 4 members (excludes halogenated alkanes) is 11. The van der Waals surface area contributed by atoms with E-state index in [-0.39, 0.29) is 25.2 Å². The molecule has 0 aromatic carbocycles. The molecule has 0 amide bonds. The van der Waals surface area contributed by atoms with Gasteiger partial charge in [0, 0.05) is 26.1 Å². The molecule has 0 saturated heterocycles. The van der Waals surface area contributed by atoms with Gasteiger partial charge in [-0.05, 0) is 38.5 Å². The van der Waals surface area contributed by atoms with Crippen LogP contribution in [0.3, 0.4) is 0 Å². The Morgan fingerprint density at radius 1 is 0.464 bits per heavy atom. The smallest absolute Gasteiger partial charge is 0.305 e. The molecule has 0 spiro atoms. The summed E-state index contributed by atoms with van der Waals surface area (Å²) in [6.45, 7) is 1.48. The molecule has 0 heterocycles. The SMILES string of the molecule is O=C(CCCCC(=O)OCCCCCCCCO)OCCCCCCCCO. The lowest BCUT2D eigenvalue weighted by molar-refractivity contribution is -0.146. The van der Waals surface area contributed by atoms with Gasteiger partial charge in [-0.1, -0.05) is 51.4 Å². The summed E-state index contributed by atoms with van der Waals surface area (Å²) < 4.78 is 10.4. The van der Waals surface area contributed by atoms with Crippen LogP contribution in [0.1, 0.15) is 103 Å². The Labute approximate surface area is 171 Å². The van der Waals surface area contributed by atoms with Gasteiger partial charge in [0.2, 0.25) is 0 Å². The van der Waals surface area contributed by atoms with Crippen LogP contribution in [0.15, 0.2) is 0 Å². The van der Waals surface area contributed by atoms with E-state index in [0.717, 1.165) is 77.0 Å². The van der Waals surface area contributed by atoms with E-state index in [9.17, 15) is 9.59 Å². The van der Waals surface area contributed by atoms with Crippen LogP contribution in [0.4, 0.5) is 0 Å². The fraction of sp³-hybridized carbons (Fsp3) is 0.909. The van der Waals surface area contributed by atoms with E-state index in [1.165, 1.54) is 0 Å². The van der Waals surface area contributed by atoms with Crippen molar-refractivity contribution in [1.29, 1.82) is 0 Å². The second-order valence-electron chi connectivity index (χ2n) is 7.34. The molecule has 0 aromatic rings. The Hall–Kier alpha value is -1.14. The van der Waals surface area contributed by atoms with Gasteiger partial charge in [0.15, 0.2) is 0 Å². The molecule has 0 saturated carbocycles. The summed E-state index contributed by atoms with van der Waals surface area (Å²) in [5.41, 5.74) is 0. The topological polar surface area (TPSA) is 93.1 Å². The van der Waals surface area contributed by atoms with Crippen LogP contribution in [-0.4, -0.2) is 48.6 Å². The molecule has 0 aliphatic rings. The molecule has 0 atom stereocenters. The molecule has 0 unspecified atom stereocenters. The normalized spacial score (nSPS) is 10.8. The number of esters is 2. The van der Waals surface area contributed by atoms with Gasteiger partial charge in [-0.3, -0.25) is 9.59 Å². The minimum absolute atomic E-state index is 0.185. The average Bonchev–Trinajstić information content (AvgIpc) is 2.69. The number of aliphatic hydroxyl groups is 2. The average molecular weight is 403 g/mol. The molecule has 0 aromatic heterocycles. The van der Waals surface area contributed by atoms with Crippen molar-refractivity contribution in [3.63, 3.8) is 0 Å². The van der Waals surface area contributed by atoms with E-state index >= 15 is 0 Å². The van der Waals surface area contributed by atoms with Crippen LogP contribution in [0.25, 0.3) is 0 Å². The Bertz CT molecular complexity index is 325. The lowest BCUT2D eigenvalue weighted by Crippen LogP contribution is -2.08. The van der Waals surface area contributed by atoms with Crippen molar-refractivity contribution in [3.8, 4) is 0 Å². The van der Waals surface area contributed by atoms with Crippen molar-refractivity contribution in [1.82, 2.24) is 0 Å². The second-order valence-corrected chi connectivity index (χ2v) is 7.34. The van der Waals surface area contributed by atoms with Gasteiger partial charge in [-0.25, -0.2) is 0 Å². The fourth-order valence-corrected chi connectivity index (χ4v) is 2.90. The van der Waals surface area contributed by atoms with E-state index in [0.29, 0.717) is 38.9 Å². The Kier molecular flexibility index (Phi) is 21.3. The molecule has 0 rings (SSSR count). The summed E-state index contributed by atoms with van der Waals surface area (Å²) in [5.74, 6) is -0.371. The molecule has 166 valence electrons. The summed E-state index contributed by atoms with van der Waals surface area (Å²) in [6, 6.07) is 0.